The van der Waals surface area contributed by atoms with Crippen molar-refractivity contribution in [2.75, 3.05) is 20.7 Å². The van der Waals surface area contributed by atoms with Crippen LogP contribution in [0.3, 0.4) is 0 Å². The molecule has 0 spiro atoms. The first-order valence-corrected chi connectivity index (χ1v) is 10.5. The highest BCUT2D eigenvalue weighted by Crippen LogP contribution is 2.43. The molecule has 27 heavy (non-hydrogen) atoms. The molecule has 2 amide bonds. The van der Waals surface area contributed by atoms with E-state index in [9.17, 15) is 19.0 Å². The average molecular weight is 439 g/mol. The van der Waals surface area contributed by atoms with Gasteiger partial charge in [0.05, 0.1) is 5.25 Å². The van der Waals surface area contributed by atoms with Gasteiger partial charge in [0.25, 0.3) is 13.7 Å². The van der Waals surface area contributed by atoms with Gasteiger partial charge >= 0.3 is 0 Å². The van der Waals surface area contributed by atoms with Gasteiger partial charge in [-0.15, -0.1) is 10.2 Å². The Kier molecular flexibility index (Phi) is 8.23. The highest BCUT2D eigenvalue weighted by atomic mass is 32.2. The maximum Gasteiger partial charge on any atom is 0.269 e. The number of thioether (sulfide) groups is 2. The van der Waals surface area contributed by atoms with Gasteiger partial charge in [0.2, 0.25) is 5.91 Å². The number of amidine groups is 2. The fourth-order valence-electron chi connectivity index (χ4n) is 1.96. The van der Waals surface area contributed by atoms with Gasteiger partial charge in [-0.25, -0.2) is 0 Å². The molecule has 11 nitrogen and oxygen atoms in total. The van der Waals surface area contributed by atoms with Gasteiger partial charge in [-0.3, -0.25) is 28.5 Å². The third-order valence-corrected chi connectivity index (χ3v) is 6.46. The number of rotatable bonds is 6. The van der Waals surface area contributed by atoms with E-state index in [0.29, 0.717) is 11.7 Å². The molecule has 0 aromatic rings. The van der Waals surface area contributed by atoms with Crippen LogP contribution in [0.25, 0.3) is 0 Å². The first kappa shape index (κ1) is 23.8. The molecule has 0 aromatic heterocycles. The Hall–Kier alpha value is -1.21. The number of carbonyl (C=O) groups excluding carboxylic acids is 2. The molecule has 0 radical (unpaired) electrons. The minimum absolute atomic E-state index is 0. The molecule has 2 aliphatic heterocycles. The van der Waals surface area contributed by atoms with Gasteiger partial charge in [0.1, 0.15) is 0 Å². The third-order valence-electron chi connectivity index (χ3n) is 3.26. The number of nitrogens with zero attached hydrogens (tertiary/aromatic N) is 4. The molecule has 2 aliphatic rings. The molecule has 2 saturated heterocycles. The normalized spacial score (nSPS) is 28.0. The Bertz CT molecular complexity index is 745. The summed E-state index contributed by atoms with van der Waals surface area (Å²) >= 11 is 2.03. The lowest BCUT2D eigenvalue weighted by Crippen LogP contribution is -2.32. The lowest BCUT2D eigenvalue weighted by Gasteiger charge is -2.22. The van der Waals surface area contributed by atoms with Crippen LogP contribution in [0.1, 0.15) is 13.8 Å². The molecule has 3 unspecified atom stereocenters. The average Bonchev–Trinajstić information content (AvgIpc) is 2.97. The number of amides is 2. The summed E-state index contributed by atoms with van der Waals surface area (Å²) in [7, 11) is -2.21. The van der Waals surface area contributed by atoms with Crippen molar-refractivity contribution in [2.45, 2.75) is 24.5 Å². The summed E-state index contributed by atoms with van der Waals surface area (Å²) in [6.07, 6.45) is 0. The van der Waals surface area contributed by atoms with E-state index in [1.165, 1.54) is 23.7 Å². The van der Waals surface area contributed by atoms with Crippen LogP contribution in [0, 0.1) is 0 Å². The molecular weight excluding hydrogens is 417 g/mol. The molecule has 2 rings (SSSR count). The molecule has 2 heterocycles. The van der Waals surface area contributed by atoms with Crippen molar-refractivity contribution in [3.8, 4) is 0 Å². The summed E-state index contributed by atoms with van der Waals surface area (Å²) in [5, 5.41) is 8.28. The minimum atomic E-state index is -4.57. The molecule has 0 aliphatic carbocycles. The van der Waals surface area contributed by atoms with E-state index in [1.54, 1.807) is 13.8 Å². The largest absolute Gasteiger partial charge is 0.756 e. The number of hydrogen-bond donors (Lipinski definition) is 1. The SMILES string of the molecule is C=C(C)CN1C(=O)C(C)S/C1=N\N=C1/SC(OP(=O)([O-])OC)C(=O)N1C.[NH4+]. The molecule has 152 valence electrons. The number of hydrogen-bond acceptors (Lipinski definition) is 10. The van der Waals surface area contributed by atoms with Crippen molar-refractivity contribution in [2.24, 2.45) is 10.2 Å². The van der Waals surface area contributed by atoms with Crippen LogP contribution in [0.2, 0.25) is 0 Å². The lowest BCUT2D eigenvalue weighted by atomic mass is 10.3. The lowest BCUT2D eigenvalue weighted by molar-refractivity contribution is -0.224. The zero-order valence-electron chi connectivity index (χ0n) is 15.6. The molecule has 3 atom stereocenters. The standard InChI is InChI=1S/C13H19N4O6PS2.H3N/c1-7(2)6-17-9(18)8(3)25-13(17)15-14-12-16(4)10(19)11(26-12)23-24(20,21)22-5;/h8,11H,1,6H2,2-5H3,(H,20,21);1H3/b14-12-,15-13-;. The molecule has 0 bridgehead atoms. The molecule has 0 saturated carbocycles. The van der Waals surface area contributed by atoms with Crippen LogP contribution in [-0.4, -0.2) is 63.3 Å². The van der Waals surface area contributed by atoms with E-state index < -0.39 is 19.2 Å². The second-order valence-corrected chi connectivity index (χ2v) is 9.30. The number of quaternary nitrogens is 1. The van der Waals surface area contributed by atoms with Crippen LogP contribution >= 0.6 is 31.3 Å². The van der Waals surface area contributed by atoms with Gasteiger partial charge in [-0.1, -0.05) is 23.9 Å². The summed E-state index contributed by atoms with van der Waals surface area (Å²) in [4.78, 5) is 38.2. The molecule has 14 heteroatoms. The van der Waals surface area contributed by atoms with Crippen molar-refractivity contribution in [3.63, 3.8) is 0 Å². The second kappa shape index (κ2) is 9.32. The van der Waals surface area contributed by atoms with E-state index >= 15 is 0 Å². The third kappa shape index (κ3) is 5.64. The summed E-state index contributed by atoms with van der Waals surface area (Å²) in [6.45, 7) is 7.66. The van der Waals surface area contributed by atoms with E-state index in [2.05, 4.69) is 25.8 Å². The summed E-state index contributed by atoms with van der Waals surface area (Å²) in [6, 6.07) is 0. The zero-order valence-corrected chi connectivity index (χ0v) is 18.1. The Morgan fingerprint density at radius 3 is 2.44 bits per heavy atom. The molecule has 0 aromatic carbocycles. The van der Waals surface area contributed by atoms with Crippen molar-refractivity contribution < 1.29 is 28.1 Å². The van der Waals surface area contributed by atoms with Crippen molar-refractivity contribution >= 4 is 53.5 Å². The first-order chi connectivity index (χ1) is 12.1. The van der Waals surface area contributed by atoms with Crippen LogP contribution in [0.4, 0.5) is 0 Å². The molecule has 4 N–H and O–H groups in total. The predicted octanol–water partition coefficient (Wildman–Crippen LogP) is 1.19. The second-order valence-electron chi connectivity index (χ2n) is 5.49. The van der Waals surface area contributed by atoms with Crippen LogP contribution < -0.4 is 11.0 Å². The fraction of sp³-hybridized carbons (Fsp3) is 0.538. The Morgan fingerprint density at radius 2 is 1.89 bits per heavy atom. The summed E-state index contributed by atoms with van der Waals surface area (Å²) in [5.41, 5.74) is -0.541. The van der Waals surface area contributed by atoms with Gasteiger partial charge in [0.15, 0.2) is 15.8 Å². The van der Waals surface area contributed by atoms with Crippen molar-refractivity contribution in [1.82, 2.24) is 16.0 Å². The number of phosphoric ester groups is 1. The van der Waals surface area contributed by atoms with E-state index in [1.807, 2.05) is 0 Å². The monoisotopic (exact) mass is 439 g/mol. The number of phosphoric acid groups is 1. The van der Waals surface area contributed by atoms with E-state index in [0.717, 1.165) is 29.3 Å². The van der Waals surface area contributed by atoms with Crippen molar-refractivity contribution in [3.05, 3.63) is 12.2 Å². The van der Waals surface area contributed by atoms with Crippen LogP contribution in [0.5, 0.6) is 0 Å². The number of carbonyl (C=O) groups is 2. The van der Waals surface area contributed by atoms with Crippen LogP contribution in [-0.2, 0) is 23.2 Å². The van der Waals surface area contributed by atoms with Crippen LogP contribution in [0.15, 0.2) is 22.4 Å². The topological polar surface area (TPSA) is 160 Å². The maximum absolute atomic E-state index is 12.2. The van der Waals surface area contributed by atoms with Gasteiger partial charge < -0.3 is 15.6 Å². The number of likely N-dealkylation sites (N-methyl/N-ethyl adjacent to an activating group) is 1. The predicted molar refractivity (Wildman–Crippen MR) is 104 cm³/mol. The smallest absolute Gasteiger partial charge is 0.269 e. The quantitative estimate of drug-likeness (QED) is 0.367. The first-order valence-electron chi connectivity index (χ1n) is 7.33. The van der Waals surface area contributed by atoms with E-state index in [-0.39, 0.29) is 22.5 Å². The zero-order chi connectivity index (χ0) is 19.6. The molecular formula is C13H22N5O6PS2. The van der Waals surface area contributed by atoms with E-state index in [4.69, 9.17) is 0 Å². The Labute approximate surface area is 165 Å². The molecule has 2 fully saturated rings. The van der Waals surface area contributed by atoms with Gasteiger partial charge in [-0.2, -0.15) is 0 Å². The van der Waals surface area contributed by atoms with Gasteiger partial charge in [-0.05, 0) is 25.6 Å². The van der Waals surface area contributed by atoms with Crippen molar-refractivity contribution in [1.29, 1.82) is 0 Å². The highest BCUT2D eigenvalue weighted by molar-refractivity contribution is 8.16. The highest BCUT2D eigenvalue weighted by Gasteiger charge is 2.40. The van der Waals surface area contributed by atoms with Gasteiger partial charge in [0, 0.05) is 20.7 Å². The Morgan fingerprint density at radius 1 is 1.30 bits per heavy atom. The Balaban J connectivity index is 0.00000364. The minimum Gasteiger partial charge on any atom is -0.756 e. The summed E-state index contributed by atoms with van der Waals surface area (Å²) in [5.74, 6) is -0.710. The maximum atomic E-state index is 12.2. The summed E-state index contributed by atoms with van der Waals surface area (Å²) < 4.78 is 20.3. The fourth-order valence-corrected chi connectivity index (χ4v) is 4.56.